The van der Waals surface area contributed by atoms with Crippen molar-refractivity contribution in [2.45, 2.75) is 25.7 Å². The molecule has 1 nitrogen and oxygen atoms in total. The summed E-state index contributed by atoms with van der Waals surface area (Å²) < 4.78 is 5.17. The maximum Gasteiger partial charge on any atom is 0.0490 e. The van der Waals surface area contributed by atoms with E-state index in [0.29, 0.717) is 0 Å². The standard InChI is InChI=1S/C10H20OS/c1-11-7-9-3-5-10(6-4-9)8-12-2/h9-10H,3-8H2,1-2H3/t9-,10-. The van der Waals surface area contributed by atoms with Crippen molar-refractivity contribution in [2.75, 3.05) is 25.7 Å². The SMILES string of the molecule is COC[C@H]1CC[C@H](CSC)CC1. The third kappa shape index (κ3) is 3.36. The van der Waals surface area contributed by atoms with E-state index in [2.05, 4.69) is 6.26 Å². The molecule has 0 spiro atoms. The monoisotopic (exact) mass is 188 g/mol. The van der Waals surface area contributed by atoms with Gasteiger partial charge in [0.1, 0.15) is 0 Å². The lowest BCUT2D eigenvalue weighted by molar-refractivity contribution is 0.122. The summed E-state index contributed by atoms with van der Waals surface area (Å²) in [7, 11) is 1.81. The van der Waals surface area contributed by atoms with Crippen LogP contribution in [0.3, 0.4) is 0 Å². The van der Waals surface area contributed by atoms with Crippen LogP contribution in [-0.2, 0) is 4.74 Å². The van der Waals surface area contributed by atoms with Crippen LogP contribution in [0.25, 0.3) is 0 Å². The summed E-state index contributed by atoms with van der Waals surface area (Å²) in [5.74, 6) is 3.21. The van der Waals surface area contributed by atoms with E-state index in [1.807, 2.05) is 18.9 Å². The second-order valence-corrected chi connectivity index (χ2v) is 4.71. The summed E-state index contributed by atoms with van der Waals surface area (Å²) >= 11 is 1.99. The van der Waals surface area contributed by atoms with Gasteiger partial charge in [0.05, 0.1) is 0 Å². The average Bonchev–Trinajstić information content (AvgIpc) is 2.09. The Morgan fingerprint density at radius 2 is 1.75 bits per heavy atom. The van der Waals surface area contributed by atoms with Gasteiger partial charge in [0.2, 0.25) is 0 Å². The Morgan fingerprint density at radius 1 is 1.17 bits per heavy atom. The molecule has 2 heteroatoms. The summed E-state index contributed by atoms with van der Waals surface area (Å²) in [4.78, 5) is 0. The van der Waals surface area contributed by atoms with Gasteiger partial charge in [-0.3, -0.25) is 0 Å². The van der Waals surface area contributed by atoms with Crippen molar-refractivity contribution in [3.63, 3.8) is 0 Å². The Bertz CT molecular complexity index is 94.4. The van der Waals surface area contributed by atoms with Gasteiger partial charge < -0.3 is 4.74 Å². The third-order valence-corrected chi connectivity index (χ3v) is 3.58. The number of rotatable bonds is 4. The van der Waals surface area contributed by atoms with Crippen LogP contribution in [-0.4, -0.2) is 25.7 Å². The lowest BCUT2D eigenvalue weighted by Crippen LogP contribution is -2.19. The minimum Gasteiger partial charge on any atom is -0.384 e. The number of ether oxygens (including phenoxy) is 1. The highest BCUT2D eigenvalue weighted by Crippen LogP contribution is 2.30. The zero-order valence-corrected chi connectivity index (χ0v) is 9.03. The van der Waals surface area contributed by atoms with Gasteiger partial charge in [0.25, 0.3) is 0 Å². The molecule has 0 amide bonds. The molecular formula is C10H20OS. The Hall–Kier alpha value is 0.310. The van der Waals surface area contributed by atoms with E-state index < -0.39 is 0 Å². The molecule has 1 aliphatic carbocycles. The van der Waals surface area contributed by atoms with Gasteiger partial charge in [-0.25, -0.2) is 0 Å². The molecule has 0 aromatic carbocycles. The normalized spacial score (nSPS) is 30.5. The molecule has 0 aromatic rings. The molecule has 0 unspecified atom stereocenters. The van der Waals surface area contributed by atoms with E-state index in [1.165, 1.54) is 31.4 Å². The Kier molecular flexibility index (Phi) is 5.08. The van der Waals surface area contributed by atoms with E-state index in [1.54, 1.807) is 0 Å². The van der Waals surface area contributed by atoms with Crippen LogP contribution in [0.5, 0.6) is 0 Å². The molecule has 0 aliphatic heterocycles. The van der Waals surface area contributed by atoms with Crippen LogP contribution in [0.1, 0.15) is 25.7 Å². The quantitative estimate of drug-likeness (QED) is 0.671. The molecule has 0 N–H and O–H groups in total. The largest absolute Gasteiger partial charge is 0.384 e. The van der Waals surface area contributed by atoms with Crippen LogP contribution in [0, 0.1) is 11.8 Å². The fourth-order valence-corrected chi connectivity index (χ4v) is 2.84. The number of methoxy groups -OCH3 is 1. The molecule has 1 aliphatic rings. The highest BCUT2D eigenvalue weighted by atomic mass is 32.2. The minimum atomic E-state index is 0.855. The van der Waals surface area contributed by atoms with E-state index in [-0.39, 0.29) is 0 Å². The maximum atomic E-state index is 5.17. The third-order valence-electron chi connectivity index (χ3n) is 2.77. The fourth-order valence-electron chi connectivity index (χ4n) is 2.04. The molecule has 1 saturated carbocycles. The summed E-state index contributed by atoms with van der Waals surface area (Å²) in [6.07, 6.45) is 7.84. The predicted molar refractivity (Wildman–Crippen MR) is 55.7 cm³/mol. The van der Waals surface area contributed by atoms with E-state index in [4.69, 9.17) is 4.74 Å². The predicted octanol–water partition coefficient (Wildman–Crippen LogP) is 2.80. The van der Waals surface area contributed by atoms with E-state index in [9.17, 15) is 0 Å². The molecular weight excluding hydrogens is 168 g/mol. The zero-order chi connectivity index (χ0) is 8.81. The van der Waals surface area contributed by atoms with Crippen molar-refractivity contribution in [2.24, 2.45) is 11.8 Å². The summed E-state index contributed by atoms with van der Waals surface area (Å²) in [5, 5.41) is 0. The van der Waals surface area contributed by atoms with Crippen molar-refractivity contribution >= 4 is 11.8 Å². The number of thioether (sulfide) groups is 1. The van der Waals surface area contributed by atoms with E-state index in [0.717, 1.165) is 18.4 Å². The molecule has 0 saturated heterocycles. The summed E-state index contributed by atoms with van der Waals surface area (Å²) in [6.45, 7) is 0.978. The topological polar surface area (TPSA) is 9.23 Å². The van der Waals surface area contributed by atoms with Crippen molar-refractivity contribution in [1.82, 2.24) is 0 Å². The van der Waals surface area contributed by atoms with Crippen molar-refractivity contribution in [3.8, 4) is 0 Å². The summed E-state index contributed by atoms with van der Waals surface area (Å²) in [6, 6.07) is 0. The first-order valence-electron chi connectivity index (χ1n) is 4.84. The molecule has 1 rings (SSSR count). The highest BCUT2D eigenvalue weighted by molar-refractivity contribution is 7.98. The van der Waals surface area contributed by atoms with Gasteiger partial charge in [-0.05, 0) is 49.5 Å². The first-order chi connectivity index (χ1) is 5.86. The van der Waals surface area contributed by atoms with Crippen molar-refractivity contribution < 1.29 is 4.74 Å². The van der Waals surface area contributed by atoms with Crippen LogP contribution >= 0.6 is 11.8 Å². The van der Waals surface area contributed by atoms with Crippen LogP contribution in [0.2, 0.25) is 0 Å². The zero-order valence-electron chi connectivity index (χ0n) is 8.21. The smallest absolute Gasteiger partial charge is 0.0490 e. The second kappa shape index (κ2) is 5.87. The first kappa shape index (κ1) is 10.4. The van der Waals surface area contributed by atoms with Gasteiger partial charge in [-0.2, -0.15) is 11.8 Å². The van der Waals surface area contributed by atoms with Gasteiger partial charge in [0.15, 0.2) is 0 Å². The lowest BCUT2D eigenvalue weighted by Gasteiger charge is -2.27. The first-order valence-corrected chi connectivity index (χ1v) is 6.24. The lowest BCUT2D eigenvalue weighted by atomic mass is 9.83. The molecule has 0 atom stereocenters. The molecule has 0 aromatic heterocycles. The van der Waals surface area contributed by atoms with Crippen LogP contribution < -0.4 is 0 Å². The van der Waals surface area contributed by atoms with Crippen molar-refractivity contribution in [1.29, 1.82) is 0 Å². The molecule has 0 bridgehead atoms. The molecule has 0 heterocycles. The van der Waals surface area contributed by atoms with Gasteiger partial charge in [0, 0.05) is 13.7 Å². The van der Waals surface area contributed by atoms with Crippen LogP contribution in [0.15, 0.2) is 0 Å². The molecule has 0 radical (unpaired) electrons. The average molecular weight is 188 g/mol. The van der Waals surface area contributed by atoms with E-state index >= 15 is 0 Å². The van der Waals surface area contributed by atoms with Gasteiger partial charge in [-0.1, -0.05) is 0 Å². The van der Waals surface area contributed by atoms with Crippen LogP contribution in [0.4, 0.5) is 0 Å². The number of hydrogen-bond donors (Lipinski definition) is 0. The highest BCUT2D eigenvalue weighted by Gasteiger charge is 2.20. The summed E-state index contributed by atoms with van der Waals surface area (Å²) in [5.41, 5.74) is 0. The fraction of sp³-hybridized carbons (Fsp3) is 1.00. The van der Waals surface area contributed by atoms with Gasteiger partial charge >= 0.3 is 0 Å². The second-order valence-electron chi connectivity index (χ2n) is 3.80. The Balaban J connectivity index is 2.11. The molecule has 12 heavy (non-hydrogen) atoms. The number of hydrogen-bond acceptors (Lipinski definition) is 2. The maximum absolute atomic E-state index is 5.17. The van der Waals surface area contributed by atoms with Gasteiger partial charge in [-0.15, -0.1) is 0 Å². The molecule has 72 valence electrons. The Labute approximate surface area is 80.3 Å². The molecule has 1 fully saturated rings. The van der Waals surface area contributed by atoms with Crippen molar-refractivity contribution in [3.05, 3.63) is 0 Å². The minimum absolute atomic E-state index is 0.855. The Morgan fingerprint density at radius 3 is 2.25 bits per heavy atom.